The number of rotatable bonds is 7. The van der Waals surface area contributed by atoms with E-state index in [0.717, 1.165) is 5.56 Å². The topological polar surface area (TPSA) is 46.6 Å². The van der Waals surface area contributed by atoms with Crippen molar-refractivity contribution in [3.05, 3.63) is 77.4 Å². The van der Waals surface area contributed by atoms with E-state index in [1.165, 1.54) is 42.4 Å². The third-order valence-corrected chi connectivity index (χ3v) is 3.70. The molecule has 1 amide bonds. The van der Waals surface area contributed by atoms with Crippen molar-refractivity contribution in [1.82, 2.24) is 4.90 Å². The molecule has 4 nitrogen and oxygen atoms in total. The summed E-state index contributed by atoms with van der Waals surface area (Å²) in [7, 11) is 1.28. The summed E-state index contributed by atoms with van der Waals surface area (Å²) < 4.78 is 30.6. The van der Waals surface area contributed by atoms with Crippen LogP contribution in [-0.2, 0) is 20.9 Å². The first-order valence-electron chi connectivity index (χ1n) is 8.02. The molecule has 0 heterocycles. The van der Waals surface area contributed by atoms with Crippen molar-refractivity contribution in [2.45, 2.75) is 13.0 Å². The molecule has 0 spiro atoms. The Morgan fingerprint density at radius 2 is 1.58 bits per heavy atom. The molecule has 0 aromatic heterocycles. The van der Waals surface area contributed by atoms with Crippen molar-refractivity contribution in [2.24, 2.45) is 0 Å². The predicted molar refractivity (Wildman–Crippen MR) is 93.9 cm³/mol. The molecule has 0 fully saturated rings. The summed E-state index contributed by atoms with van der Waals surface area (Å²) in [5.74, 6) is -1.46. The van der Waals surface area contributed by atoms with Crippen LogP contribution in [0.1, 0.15) is 17.5 Å². The van der Waals surface area contributed by atoms with Gasteiger partial charge in [-0.15, -0.1) is 0 Å². The minimum atomic E-state index is -0.426. The molecule has 0 aliphatic heterocycles. The summed E-state index contributed by atoms with van der Waals surface area (Å²) in [6.45, 7) is 0.389. The molecule has 0 bridgehead atoms. The van der Waals surface area contributed by atoms with E-state index < -0.39 is 5.97 Å². The van der Waals surface area contributed by atoms with E-state index in [0.29, 0.717) is 5.56 Å². The number of halogens is 2. The zero-order valence-electron chi connectivity index (χ0n) is 14.3. The first-order chi connectivity index (χ1) is 12.5. The fourth-order valence-corrected chi connectivity index (χ4v) is 2.25. The van der Waals surface area contributed by atoms with Gasteiger partial charge in [0.05, 0.1) is 13.5 Å². The summed E-state index contributed by atoms with van der Waals surface area (Å²) in [6.07, 6.45) is 2.97. The molecular formula is C20H19F2NO3. The highest BCUT2D eigenvalue weighted by molar-refractivity contribution is 5.92. The largest absolute Gasteiger partial charge is 0.469 e. The summed E-state index contributed by atoms with van der Waals surface area (Å²) in [4.78, 5) is 25.3. The van der Waals surface area contributed by atoms with Gasteiger partial charge in [0, 0.05) is 19.2 Å². The van der Waals surface area contributed by atoms with E-state index >= 15 is 0 Å². The van der Waals surface area contributed by atoms with Crippen LogP contribution in [0.5, 0.6) is 0 Å². The van der Waals surface area contributed by atoms with Crippen LogP contribution >= 0.6 is 0 Å². The number of carbonyl (C=O) groups is 2. The Labute approximate surface area is 150 Å². The highest BCUT2D eigenvalue weighted by atomic mass is 19.1. The van der Waals surface area contributed by atoms with Crippen molar-refractivity contribution in [2.75, 3.05) is 13.7 Å². The number of methoxy groups -OCH3 is 1. The summed E-state index contributed by atoms with van der Waals surface area (Å²) >= 11 is 0. The van der Waals surface area contributed by atoms with Crippen LogP contribution in [0.25, 0.3) is 6.08 Å². The van der Waals surface area contributed by atoms with Gasteiger partial charge in [-0.1, -0.05) is 24.3 Å². The second kappa shape index (κ2) is 9.46. The quantitative estimate of drug-likeness (QED) is 0.561. The number of carbonyl (C=O) groups excluding carboxylic acids is 2. The van der Waals surface area contributed by atoms with Crippen molar-refractivity contribution < 1.29 is 23.1 Å². The van der Waals surface area contributed by atoms with Crippen LogP contribution in [0.4, 0.5) is 8.78 Å². The zero-order valence-corrected chi connectivity index (χ0v) is 14.3. The molecule has 2 aromatic rings. The van der Waals surface area contributed by atoms with E-state index in [1.807, 2.05) is 0 Å². The second-order valence-corrected chi connectivity index (χ2v) is 5.60. The Morgan fingerprint density at radius 3 is 2.15 bits per heavy atom. The highest BCUT2D eigenvalue weighted by Crippen LogP contribution is 2.10. The third-order valence-electron chi connectivity index (χ3n) is 3.70. The maximum atomic E-state index is 13.0. The Morgan fingerprint density at radius 1 is 1.00 bits per heavy atom. The Kier molecular flexibility index (Phi) is 7.02. The molecule has 0 aliphatic rings. The van der Waals surface area contributed by atoms with E-state index in [1.54, 1.807) is 30.3 Å². The third kappa shape index (κ3) is 6.12. The predicted octanol–water partition coefficient (Wildman–Crippen LogP) is 3.57. The Bertz CT molecular complexity index is 771. The highest BCUT2D eigenvalue weighted by Gasteiger charge is 2.14. The minimum Gasteiger partial charge on any atom is -0.469 e. The van der Waals surface area contributed by atoms with Gasteiger partial charge in [-0.25, -0.2) is 8.78 Å². The molecule has 0 N–H and O–H groups in total. The molecule has 26 heavy (non-hydrogen) atoms. The molecule has 2 aromatic carbocycles. The van der Waals surface area contributed by atoms with Gasteiger partial charge in [-0.05, 0) is 41.5 Å². The Hall–Kier alpha value is -3.02. The van der Waals surface area contributed by atoms with Crippen LogP contribution in [0.2, 0.25) is 0 Å². The maximum Gasteiger partial charge on any atom is 0.307 e. The van der Waals surface area contributed by atoms with E-state index in [2.05, 4.69) is 4.74 Å². The SMILES string of the molecule is COC(=O)CCN(Cc1ccc(F)cc1)C(=O)/C=C/c1ccc(F)cc1. The molecular weight excluding hydrogens is 340 g/mol. The lowest BCUT2D eigenvalue weighted by atomic mass is 10.2. The van der Waals surface area contributed by atoms with E-state index in [4.69, 9.17) is 0 Å². The van der Waals surface area contributed by atoms with Crippen LogP contribution in [-0.4, -0.2) is 30.4 Å². The zero-order chi connectivity index (χ0) is 18.9. The number of esters is 1. The molecule has 0 saturated heterocycles. The van der Waals surface area contributed by atoms with E-state index in [9.17, 15) is 18.4 Å². The van der Waals surface area contributed by atoms with Gasteiger partial charge in [0.25, 0.3) is 0 Å². The fourth-order valence-electron chi connectivity index (χ4n) is 2.25. The number of hydrogen-bond donors (Lipinski definition) is 0. The van der Waals surface area contributed by atoms with Crippen LogP contribution in [0.3, 0.4) is 0 Å². The minimum absolute atomic E-state index is 0.0494. The molecule has 0 atom stereocenters. The number of nitrogens with zero attached hydrogens (tertiary/aromatic N) is 1. The van der Waals surface area contributed by atoms with Gasteiger partial charge in [0.15, 0.2) is 0 Å². The first-order valence-corrected chi connectivity index (χ1v) is 8.02. The van der Waals surface area contributed by atoms with Crippen molar-refractivity contribution >= 4 is 18.0 Å². The number of ether oxygens (including phenoxy) is 1. The standard InChI is InChI=1S/C20H19F2NO3/c1-26-20(25)12-13-23(14-16-4-9-18(22)10-5-16)19(24)11-6-15-2-7-17(21)8-3-15/h2-11H,12-14H2,1H3/b11-6+. The smallest absolute Gasteiger partial charge is 0.307 e. The average Bonchev–Trinajstić information content (AvgIpc) is 2.65. The lowest BCUT2D eigenvalue weighted by Crippen LogP contribution is -2.31. The van der Waals surface area contributed by atoms with E-state index in [-0.39, 0.29) is 37.1 Å². The fraction of sp³-hybridized carbons (Fsp3) is 0.200. The number of amides is 1. The van der Waals surface area contributed by atoms with Gasteiger partial charge in [0.1, 0.15) is 11.6 Å². The van der Waals surface area contributed by atoms with Crippen molar-refractivity contribution in [3.63, 3.8) is 0 Å². The average molecular weight is 359 g/mol. The lowest BCUT2D eigenvalue weighted by Gasteiger charge is -2.21. The van der Waals surface area contributed by atoms with Crippen LogP contribution in [0.15, 0.2) is 54.6 Å². The van der Waals surface area contributed by atoms with Crippen molar-refractivity contribution in [1.29, 1.82) is 0 Å². The van der Waals surface area contributed by atoms with Gasteiger partial charge >= 0.3 is 5.97 Å². The number of benzene rings is 2. The Balaban J connectivity index is 2.09. The summed E-state index contributed by atoms with van der Waals surface area (Å²) in [5, 5.41) is 0. The molecule has 0 radical (unpaired) electrons. The lowest BCUT2D eigenvalue weighted by molar-refractivity contribution is -0.141. The monoisotopic (exact) mass is 359 g/mol. The summed E-state index contributed by atoms with van der Waals surface area (Å²) in [6, 6.07) is 11.5. The van der Waals surface area contributed by atoms with Crippen LogP contribution in [0, 0.1) is 11.6 Å². The molecule has 136 valence electrons. The van der Waals surface area contributed by atoms with Gasteiger partial charge < -0.3 is 9.64 Å². The number of hydrogen-bond acceptors (Lipinski definition) is 3. The summed E-state index contributed by atoms with van der Waals surface area (Å²) in [5.41, 5.74) is 1.41. The molecule has 0 aliphatic carbocycles. The van der Waals surface area contributed by atoms with Crippen LogP contribution < -0.4 is 0 Å². The first kappa shape index (κ1) is 19.3. The molecule has 2 rings (SSSR count). The van der Waals surface area contributed by atoms with Gasteiger partial charge in [-0.3, -0.25) is 9.59 Å². The second-order valence-electron chi connectivity index (χ2n) is 5.60. The maximum absolute atomic E-state index is 13.0. The van der Waals surface area contributed by atoms with Crippen molar-refractivity contribution in [3.8, 4) is 0 Å². The molecule has 0 saturated carbocycles. The van der Waals surface area contributed by atoms with Gasteiger partial charge in [0.2, 0.25) is 5.91 Å². The molecule has 6 heteroatoms. The van der Waals surface area contributed by atoms with Gasteiger partial charge in [-0.2, -0.15) is 0 Å². The molecule has 0 unspecified atom stereocenters. The normalized spacial score (nSPS) is 10.7.